The van der Waals surface area contributed by atoms with Gasteiger partial charge < -0.3 is 10.6 Å². The third kappa shape index (κ3) is 3.39. The van der Waals surface area contributed by atoms with Crippen LogP contribution < -0.4 is 10.6 Å². The highest BCUT2D eigenvalue weighted by atomic mass is 15.4. The van der Waals surface area contributed by atoms with Crippen molar-refractivity contribution in [3.8, 4) is 0 Å². The van der Waals surface area contributed by atoms with E-state index in [1.165, 1.54) is 5.56 Å². The Morgan fingerprint density at radius 3 is 2.90 bits per heavy atom. The smallest absolute Gasteiger partial charge is 0.244 e. The van der Waals surface area contributed by atoms with Crippen molar-refractivity contribution >= 4 is 5.95 Å². The number of nitrogens with one attached hydrogen (secondary N) is 1. The molecule has 2 unspecified atom stereocenters. The van der Waals surface area contributed by atoms with Gasteiger partial charge in [0.25, 0.3) is 0 Å². The van der Waals surface area contributed by atoms with E-state index < -0.39 is 0 Å². The molecule has 1 aliphatic heterocycles. The maximum Gasteiger partial charge on any atom is 0.244 e. The maximum atomic E-state index is 6.13. The van der Waals surface area contributed by atoms with Crippen molar-refractivity contribution in [1.82, 2.24) is 20.2 Å². The highest BCUT2D eigenvalue weighted by Gasteiger charge is 2.25. The van der Waals surface area contributed by atoms with Gasteiger partial charge in [-0.15, -0.1) is 5.10 Å². The Bertz CT molecular complexity index is 567. The van der Waals surface area contributed by atoms with Gasteiger partial charge in [0.2, 0.25) is 5.95 Å². The fourth-order valence-electron chi connectivity index (χ4n) is 2.63. The van der Waals surface area contributed by atoms with E-state index >= 15 is 0 Å². The van der Waals surface area contributed by atoms with Crippen LogP contribution in [0.3, 0.4) is 0 Å². The SMILES string of the molecule is CC1CCN(c2n[nH]c(CCc3ccncc3)n2)CC1N. The lowest BCUT2D eigenvalue weighted by Gasteiger charge is -2.34. The number of nitrogens with two attached hydrogens (primary N) is 1. The zero-order valence-electron chi connectivity index (χ0n) is 12.4. The van der Waals surface area contributed by atoms with Crippen molar-refractivity contribution in [3.63, 3.8) is 0 Å². The van der Waals surface area contributed by atoms with Crippen LogP contribution in [0.1, 0.15) is 24.7 Å². The topological polar surface area (TPSA) is 83.7 Å². The van der Waals surface area contributed by atoms with E-state index in [-0.39, 0.29) is 6.04 Å². The molecule has 3 N–H and O–H groups in total. The Labute approximate surface area is 124 Å². The first-order valence-corrected chi connectivity index (χ1v) is 7.53. The Morgan fingerprint density at radius 1 is 1.33 bits per heavy atom. The largest absolute Gasteiger partial charge is 0.338 e. The van der Waals surface area contributed by atoms with Gasteiger partial charge in [-0.1, -0.05) is 6.92 Å². The monoisotopic (exact) mass is 286 g/mol. The number of nitrogens with zero attached hydrogens (tertiary/aromatic N) is 4. The Morgan fingerprint density at radius 2 is 2.14 bits per heavy atom. The van der Waals surface area contributed by atoms with Crippen molar-refractivity contribution in [2.45, 2.75) is 32.2 Å². The minimum Gasteiger partial charge on any atom is -0.338 e. The summed E-state index contributed by atoms with van der Waals surface area (Å²) >= 11 is 0. The van der Waals surface area contributed by atoms with Crippen LogP contribution in [0.25, 0.3) is 0 Å². The molecule has 0 aliphatic carbocycles. The second-order valence-electron chi connectivity index (χ2n) is 5.81. The maximum absolute atomic E-state index is 6.13. The number of anilines is 1. The van der Waals surface area contributed by atoms with Gasteiger partial charge in [0.1, 0.15) is 5.82 Å². The summed E-state index contributed by atoms with van der Waals surface area (Å²) in [4.78, 5) is 10.8. The number of pyridine rings is 1. The number of rotatable bonds is 4. The molecule has 112 valence electrons. The first-order valence-electron chi connectivity index (χ1n) is 7.53. The number of aryl methyl sites for hydroxylation is 2. The van der Waals surface area contributed by atoms with E-state index in [0.717, 1.165) is 44.1 Å². The first kappa shape index (κ1) is 14.0. The molecule has 0 spiro atoms. The average molecular weight is 286 g/mol. The fourth-order valence-corrected chi connectivity index (χ4v) is 2.63. The van der Waals surface area contributed by atoms with Crippen LogP contribution in [-0.4, -0.2) is 39.3 Å². The van der Waals surface area contributed by atoms with Crippen molar-refractivity contribution in [1.29, 1.82) is 0 Å². The molecular formula is C15H22N6. The predicted octanol–water partition coefficient (Wildman–Crippen LogP) is 1.16. The molecule has 3 rings (SSSR count). The number of aromatic amines is 1. The minimum absolute atomic E-state index is 0.206. The lowest BCUT2D eigenvalue weighted by molar-refractivity contribution is 0.376. The molecule has 2 atom stereocenters. The summed E-state index contributed by atoms with van der Waals surface area (Å²) in [6, 6.07) is 4.27. The van der Waals surface area contributed by atoms with Crippen molar-refractivity contribution in [3.05, 3.63) is 35.9 Å². The molecular weight excluding hydrogens is 264 g/mol. The molecule has 6 nitrogen and oxygen atoms in total. The van der Waals surface area contributed by atoms with E-state index in [0.29, 0.717) is 5.92 Å². The first-order chi connectivity index (χ1) is 10.2. The fraction of sp³-hybridized carbons (Fsp3) is 0.533. The van der Waals surface area contributed by atoms with Gasteiger partial charge in [-0.25, -0.2) is 0 Å². The van der Waals surface area contributed by atoms with Gasteiger partial charge in [-0.2, -0.15) is 4.98 Å². The molecule has 21 heavy (non-hydrogen) atoms. The van der Waals surface area contributed by atoms with Crippen LogP contribution in [0.15, 0.2) is 24.5 Å². The molecule has 3 heterocycles. The van der Waals surface area contributed by atoms with Gasteiger partial charge in [0.05, 0.1) is 0 Å². The normalized spacial score (nSPS) is 22.5. The summed E-state index contributed by atoms with van der Waals surface area (Å²) in [5, 5.41) is 7.37. The van der Waals surface area contributed by atoms with E-state index in [2.05, 4.69) is 32.0 Å². The number of hydrogen-bond donors (Lipinski definition) is 2. The minimum atomic E-state index is 0.206. The van der Waals surface area contributed by atoms with Gasteiger partial charge in [0, 0.05) is 37.9 Å². The summed E-state index contributed by atoms with van der Waals surface area (Å²) in [5.41, 5.74) is 7.40. The molecule has 1 fully saturated rings. The molecule has 0 saturated carbocycles. The molecule has 6 heteroatoms. The summed E-state index contributed by atoms with van der Waals surface area (Å²) in [6.07, 6.45) is 6.53. The summed E-state index contributed by atoms with van der Waals surface area (Å²) < 4.78 is 0. The third-order valence-electron chi connectivity index (χ3n) is 4.22. The summed E-state index contributed by atoms with van der Waals surface area (Å²) in [5.74, 6) is 2.28. The molecule has 2 aromatic heterocycles. The highest BCUT2D eigenvalue weighted by molar-refractivity contribution is 5.30. The molecule has 0 amide bonds. The number of aromatic nitrogens is 4. The standard InChI is InChI=1S/C15H22N6/c1-11-6-9-21(10-13(11)16)15-18-14(19-20-15)3-2-12-4-7-17-8-5-12/h4-5,7-8,11,13H,2-3,6,9-10,16H2,1H3,(H,18,19,20). The Balaban J connectivity index is 1.59. The predicted molar refractivity (Wildman–Crippen MR) is 82.0 cm³/mol. The molecule has 0 aromatic carbocycles. The highest BCUT2D eigenvalue weighted by Crippen LogP contribution is 2.19. The number of H-pyrrole nitrogens is 1. The summed E-state index contributed by atoms with van der Waals surface area (Å²) in [7, 11) is 0. The Kier molecular flexibility index (Phi) is 4.15. The third-order valence-corrected chi connectivity index (χ3v) is 4.22. The van der Waals surface area contributed by atoms with E-state index in [4.69, 9.17) is 5.73 Å². The molecule has 1 aliphatic rings. The van der Waals surface area contributed by atoms with Gasteiger partial charge >= 0.3 is 0 Å². The van der Waals surface area contributed by atoms with E-state index in [9.17, 15) is 0 Å². The Hall–Kier alpha value is -1.95. The van der Waals surface area contributed by atoms with Crippen molar-refractivity contribution in [2.75, 3.05) is 18.0 Å². The second-order valence-corrected chi connectivity index (χ2v) is 5.81. The van der Waals surface area contributed by atoms with Gasteiger partial charge in [-0.05, 0) is 36.5 Å². The molecule has 1 saturated heterocycles. The van der Waals surface area contributed by atoms with Crippen LogP contribution in [0.2, 0.25) is 0 Å². The van der Waals surface area contributed by atoms with E-state index in [1.807, 2.05) is 24.5 Å². The van der Waals surface area contributed by atoms with Gasteiger partial charge in [-0.3, -0.25) is 10.1 Å². The summed E-state index contributed by atoms with van der Waals surface area (Å²) in [6.45, 7) is 4.03. The van der Waals surface area contributed by atoms with Crippen molar-refractivity contribution < 1.29 is 0 Å². The van der Waals surface area contributed by atoms with Crippen LogP contribution in [0.5, 0.6) is 0 Å². The van der Waals surface area contributed by atoms with Crippen LogP contribution in [0.4, 0.5) is 5.95 Å². The lowest BCUT2D eigenvalue weighted by atomic mass is 9.95. The second kappa shape index (κ2) is 6.22. The molecule has 0 radical (unpaired) electrons. The molecule has 2 aromatic rings. The van der Waals surface area contributed by atoms with Crippen LogP contribution in [0, 0.1) is 5.92 Å². The van der Waals surface area contributed by atoms with Crippen molar-refractivity contribution in [2.24, 2.45) is 11.7 Å². The van der Waals surface area contributed by atoms with Crippen LogP contribution in [-0.2, 0) is 12.8 Å². The lowest BCUT2D eigenvalue weighted by Crippen LogP contribution is -2.48. The average Bonchev–Trinajstić information content (AvgIpc) is 2.98. The number of piperidine rings is 1. The van der Waals surface area contributed by atoms with E-state index in [1.54, 1.807) is 0 Å². The number of hydrogen-bond acceptors (Lipinski definition) is 5. The van der Waals surface area contributed by atoms with Crippen LogP contribution >= 0.6 is 0 Å². The zero-order chi connectivity index (χ0) is 14.7. The quantitative estimate of drug-likeness (QED) is 0.881. The molecule has 0 bridgehead atoms. The van der Waals surface area contributed by atoms with Gasteiger partial charge in [0.15, 0.2) is 0 Å². The zero-order valence-corrected chi connectivity index (χ0v) is 12.4.